The number of pyridine rings is 1. The lowest BCUT2D eigenvalue weighted by molar-refractivity contribution is 0.0950. The summed E-state index contributed by atoms with van der Waals surface area (Å²) in [5, 5.41) is 2.90. The third-order valence-corrected chi connectivity index (χ3v) is 3.16. The maximum atomic E-state index is 12.0. The van der Waals surface area contributed by atoms with Gasteiger partial charge in [-0.25, -0.2) is 0 Å². The molecule has 0 atom stereocenters. The van der Waals surface area contributed by atoms with Crippen molar-refractivity contribution in [2.24, 2.45) is 5.73 Å². The molecule has 1 aromatic carbocycles. The lowest BCUT2D eigenvalue weighted by atomic mass is 10.1. The summed E-state index contributed by atoms with van der Waals surface area (Å²) in [6.45, 7) is 2.99. The van der Waals surface area contributed by atoms with E-state index in [0.29, 0.717) is 18.7 Å². The third kappa shape index (κ3) is 3.65. The SMILES string of the molecule is Cc1ncccc1C(=O)NCc1ccc(CCN)cc1. The number of hydrogen-bond donors (Lipinski definition) is 2. The minimum absolute atomic E-state index is 0.0957. The quantitative estimate of drug-likeness (QED) is 0.870. The highest BCUT2D eigenvalue weighted by molar-refractivity contribution is 5.95. The van der Waals surface area contributed by atoms with Crippen LogP contribution in [0.25, 0.3) is 0 Å². The molecule has 0 unspecified atom stereocenters. The molecule has 0 aliphatic carbocycles. The van der Waals surface area contributed by atoms with Crippen LogP contribution in [0.5, 0.6) is 0 Å². The molecule has 0 radical (unpaired) electrons. The largest absolute Gasteiger partial charge is 0.348 e. The summed E-state index contributed by atoms with van der Waals surface area (Å²) in [7, 11) is 0. The second-order valence-corrected chi connectivity index (χ2v) is 4.67. The van der Waals surface area contributed by atoms with Crippen molar-refractivity contribution in [3.05, 3.63) is 65.0 Å². The predicted molar refractivity (Wildman–Crippen MR) is 79.3 cm³/mol. The van der Waals surface area contributed by atoms with Gasteiger partial charge in [-0.15, -0.1) is 0 Å². The van der Waals surface area contributed by atoms with Gasteiger partial charge in [0.2, 0.25) is 0 Å². The molecule has 0 aliphatic rings. The van der Waals surface area contributed by atoms with E-state index in [0.717, 1.165) is 17.7 Å². The summed E-state index contributed by atoms with van der Waals surface area (Å²) in [6.07, 6.45) is 2.56. The van der Waals surface area contributed by atoms with Gasteiger partial charge in [-0.1, -0.05) is 24.3 Å². The fourth-order valence-corrected chi connectivity index (χ4v) is 1.99. The Morgan fingerprint density at radius 1 is 1.20 bits per heavy atom. The highest BCUT2D eigenvalue weighted by Crippen LogP contribution is 2.06. The third-order valence-electron chi connectivity index (χ3n) is 3.16. The molecule has 0 spiro atoms. The van der Waals surface area contributed by atoms with Crippen molar-refractivity contribution >= 4 is 5.91 Å². The van der Waals surface area contributed by atoms with E-state index in [1.807, 2.05) is 31.2 Å². The van der Waals surface area contributed by atoms with E-state index in [-0.39, 0.29) is 5.91 Å². The molecule has 0 aliphatic heterocycles. The molecule has 2 rings (SSSR count). The molecule has 2 aromatic rings. The fourth-order valence-electron chi connectivity index (χ4n) is 1.99. The Labute approximate surface area is 119 Å². The van der Waals surface area contributed by atoms with Gasteiger partial charge < -0.3 is 11.1 Å². The van der Waals surface area contributed by atoms with E-state index in [9.17, 15) is 4.79 Å². The van der Waals surface area contributed by atoms with Crippen LogP contribution < -0.4 is 11.1 Å². The summed E-state index contributed by atoms with van der Waals surface area (Å²) < 4.78 is 0. The van der Waals surface area contributed by atoms with Crippen LogP contribution >= 0.6 is 0 Å². The number of carbonyl (C=O) groups excluding carboxylic acids is 1. The van der Waals surface area contributed by atoms with Gasteiger partial charge in [-0.3, -0.25) is 9.78 Å². The van der Waals surface area contributed by atoms with E-state index in [4.69, 9.17) is 5.73 Å². The molecule has 1 heterocycles. The van der Waals surface area contributed by atoms with Gasteiger partial charge in [-0.2, -0.15) is 0 Å². The van der Waals surface area contributed by atoms with Crippen LogP contribution in [0.4, 0.5) is 0 Å². The Morgan fingerprint density at radius 2 is 1.90 bits per heavy atom. The summed E-state index contributed by atoms with van der Waals surface area (Å²) in [5.74, 6) is -0.0957. The van der Waals surface area contributed by atoms with Crippen molar-refractivity contribution in [1.82, 2.24) is 10.3 Å². The highest BCUT2D eigenvalue weighted by atomic mass is 16.1. The zero-order valence-electron chi connectivity index (χ0n) is 11.6. The van der Waals surface area contributed by atoms with Crippen LogP contribution in [-0.2, 0) is 13.0 Å². The first-order chi connectivity index (χ1) is 9.70. The smallest absolute Gasteiger partial charge is 0.253 e. The van der Waals surface area contributed by atoms with Gasteiger partial charge in [0.05, 0.1) is 5.56 Å². The normalized spacial score (nSPS) is 10.3. The second-order valence-electron chi connectivity index (χ2n) is 4.67. The van der Waals surface area contributed by atoms with Crippen molar-refractivity contribution in [1.29, 1.82) is 0 Å². The van der Waals surface area contributed by atoms with Gasteiger partial charge in [0.1, 0.15) is 0 Å². The van der Waals surface area contributed by atoms with Crippen molar-refractivity contribution in [3.63, 3.8) is 0 Å². The molecule has 0 saturated heterocycles. The fraction of sp³-hybridized carbons (Fsp3) is 0.250. The van der Waals surface area contributed by atoms with E-state index in [1.54, 1.807) is 18.3 Å². The van der Waals surface area contributed by atoms with Gasteiger partial charge >= 0.3 is 0 Å². The minimum atomic E-state index is -0.0957. The average Bonchev–Trinajstić information content (AvgIpc) is 2.47. The Hall–Kier alpha value is -2.20. The number of nitrogens with two attached hydrogens (primary N) is 1. The molecule has 1 amide bonds. The number of hydrogen-bond acceptors (Lipinski definition) is 3. The Bertz CT molecular complexity index is 579. The number of aromatic nitrogens is 1. The molecule has 0 fully saturated rings. The number of amides is 1. The molecule has 0 bridgehead atoms. The number of benzene rings is 1. The van der Waals surface area contributed by atoms with Crippen molar-refractivity contribution in [2.45, 2.75) is 19.9 Å². The zero-order chi connectivity index (χ0) is 14.4. The molecule has 1 aromatic heterocycles. The number of nitrogens with zero attached hydrogens (tertiary/aromatic N) is 1. The molecular formula is C16H19N3O. The second kappa shape index (κ2) is 6.82. The molecule has 20 heavy (non-hydrogen) atoms. The van der Waals surface area contributed by atoms with Crippen LogP contribution in [0.15, 0.2) is 42.6 Å². The van der Waals surface area contributed by atoms with Crippen LogP contribution in [-0.4, -0.2) is 17.4 Å². The molecule has 3 N–H and O–H groups in total. The number of rotatable bonds is 5. The van der Waals surface area contributed by atoms with E-state index >= 15 is 0 Å². The number of carbonyl (C=O) groups is 1. The zero-order valence-corrected chi connectivity index (χ0v) is 11.6. The molecule has 104 valence electrons. The summed E-state index contributed by atoms with van der Waals surface area (Å²) in [5.41, 5.74) is 9.15. The standard InChI is InChI=1S/C16H19N3O/c1-12-15(3-2-10-18-12)16(20)19-11-14-6-4-13(5-7-14)8-9-17/h2-7,10H,8-9,11,17H2,1H3,(H,19,20). The van der Waals surface area contributed by atoms with Gasteiger partial charge in [0, 0.05) is 18.4 Å². The lowest BCUT2D eigenvalue weighted by Crippen LogP contribution is -2.23. The van der Waals surface area contributed by atoms with E-state index < -0.39 is 0 Å². The van der Waals surface area contributed by atoms with Crippen LogP contribution in [0.1, 0.15) is 27.2 Å². The summed E-state index contributed by atoms with van der Waals surface area (Å²) in [6, 6.07) is 11.7. The van der Waals surface area contributed by atoms with E-state index in [1.165, 1.54) is 5.56 Å². The molecule has 4 heteroatoms. The van der Waals surface area contributed by atoms with Crippen molar-refractivity contribution in [3.8, 4) is 0 Å². The van der Waals surface area contributed by atoms with Crippen LogP contribution in [0, 0.1) is 6.92 Å². The van der Waals surface area contributed by atoms with Crippen molar-refractivity contribution in [2.75, 3.05) is 6.54 Å². The molecular weight excluding hydrogens is 250 g/mol. The Balaban J connectivity index is 1.95. The van der Waals surface area contributed by atoms with Gasteiger partial charge in [0.15, 0.2) is 0 Å². The maximum Gasteiger partial charge on any atom is 0.253 e. The van der Waals surface area contributed by atoms with Crippen molar-refractivity contribution < 1.29 is 4.79 Å². The number of nitrogens with one attached hydrogen (secondary N) is 1. The Morgan fingerprint density at radius 3 is 2.55 bits per heavy atom. The van der Waals surface area contributed by atoms with Gasteiger partial charge in [-0.05, 0) is 43.1 Å². The summed E-state index contributed by atoms with van der Waals surface area (Å²) in [4.78, 5) is 16.2. The minimum Gasteiger partial charge on any atom is -0.348 e. The monoisotopic (exact) mass is 269 g/mol. The van der Waals surface area contributed by atoms with Crippen LogP contribution in [0.3, 0.4) is 0 Å². The number of aryl methyl sites for hydroxylation is 1. The maximum absolute atomic E-state index is 12.0. The van der Waals surface area contributed by atoms with Gasteiger partial charge in [0.25, 0.3) is 5.91 Å². The van der Waals surface area contributed by atoms with Crippen LogP contribution in [0.2, 0.25) is 0 Å². The first-order valence-corrected chi connectivity index (χ1v) is 6.68. The predicted octanol–water partition coefficient (Wildman–Crippen LogP) is 1.82. The first kappa shape index (κ1) is 14.2. The molecule has 4 nitrogen and oxygen atoms in total. The van der Waals surface area contributed by atoms with E-state index in [2.05, 4.69) is 10.3 Å². The topological polar surface area (TPSA) is 68.0 Å². The highest BCUT2D eigenvalue weighted by Gasteiger charge is 2.08. The first-order valence-electron chi connectivity index (χ1n) is 6.68. The summed E-state index contributed by atoms with van der Waals surface area (Å²) >= 11 is 0. The molecule has 0 saturated carbocycles. The average molecular weight is 269 g/mol. The Kier molecular flexibility index (Phi) is 4.85. The lowest BCUT2D eigenvalue weighted by Gasteiger charge is -2.07.